The number of nitrogens with zero attached hydrogens (tertiary/aromatic N) is 2. The molecule has 2 aromatic heterocycles. The van der Waals surface area contributed by atoms with Gasteiger partial charge in [0.2, 0.25) is 5.91 Å². The molecule has 2 N–H and O–H groups in total. The summed E-state index contributed by atoms with van der Waals surface area (Å²) in [7, 11) is 3.09. The van der Waals surface area contributed by atoms with E-state index in [0.29, 0.717) is 39.1 Å². The average molecular weight is 487 g/mol. The van der Waals surface area contributed by atoms with Gasteiger partial charge < -0.3 is 19.8 Å². The second-order valence-corrected chi connectivity index (χ2v) is 8.61. The van der Waals surface area contributed by atoms with Crippen molar-refractivity contribution >= 4 is 45.3 Å². The molecule has 176 valence electrons. The van der Waals surface area contributed by atoms with Crippen molar-refractivity contribution in [3.05, 3.63) is 83.2 Å². The van der Waals surface area contributed by atoms with Gasteiger partial charge in [0.25, 0.3) is 5.56 Å². The zero-order valence-corrected chi connectivity index (χ0v) is 19.9. The van der Waals surface area contributed by atoms with Gasteiger partial charge in [0, 0.05) is 17.0 Å². The van der Waals surface area contributed by atoms with E-state index in [2.05, 4.69) is 10.3 Å². The van der Waals surface area contributed by atoms with Gasteiger partial charge >= 0.3 is 0 Å². The molecular weight excluding hydrogens is 464 g/mol. The number of anilines is 1. The molecule has 0 atom stereocenters. The lowest BCUT2D eigenvalue weighted by molar-refractivity contribution is -0.113. The molecule has 0 aliphatic heterocycles. The van der Waals surface area contributed by atoms with Crippen molar-refractivity contribution in [3.63, 3.8) is 0 Å². The average Bonchev–Trinajstić information content (AvgIpc) is 3.27. The van der Waals surface area contributed by atoms with Crippen LogP contribution in [0.15, 0.2) is 82.7 Å². The van der Waals surface area contributed by atoms with Gasteiger partial charge in [-0.3, -0.25) is 14.2 Å². The number of rotatable bonds is 7. The molecular formula is C26H22N4O4S. The number of benzene rings is 3. The normalized spacial score (nSPS) is 11.0. The van der Waals surface area contributed by atoms with Gasteiger partial charge in [-0.25, -0.2) is 4.98 Å². The summed E-state index contributed by atoms with van der Waals surface area (Å²) in [5.74, 6) is 0.879. The first-order valence-corrected chi connectivity index (χ1v) is 11.8. The number of aromatic amines is 1. The minimum atomic E-state index is -0.269. The topological polar surface area (TPSA) is 98.2 Å². The van der Waals surface area contributed by atoms with Crippen molar-refractivity contribution in [2.75, 3.05) is 25.3 Å². The Kier molecular flexibility index (Phi) is 6.15. The van der Waals surface area contributed by atoms with Crippen LogP contribution in [0.4, 0.5) is 5.69 Å². The van der Waals surface area contributed by atoms with E-state index in [0.717, 1.165) is 10.9 Å². The molecule has 35 heavy (non-hydrogen) atoms. The lowest BCUT2D eigenvalue weighted by Crippen LogP contribution is -2.23. The summed E-state index contributed by atoms with van der Waals surface area (Å²) in [6.07, 6.45) is 0. The molecule has 0 unspecified atom stereocenters. The molecule has 0 saturated carbocycles. The van der Waals surface area contributed by atoms with E-state index >= 15 is 0 Å². The molecule has 3 aromatic carbocycles. The van der Waals surface area contributed by atoms with Crippen molar-refractivity contribution in [2.24, 2.45) is 0 Å². The molecule has 8 nitrogen and oxygen atoms in total. The quantitative estimate of drug-likeness (QED) is 0.257. The Hall–Kier alpha value is -4.24. The van der Waals surface area contributed by atoms with Crippen LogP contribution in [0.3, 0.4) is 0 Å². The van der Waals surface area contributed by atoms with E-state index < -0.39 is 0 Å². The molecule has 0 saturated heterocycles. The maximum Gasteiger partial charge on any atom is 0.283 e. The number of H-pyrrole nitrogens is 1. The van der Waals surface area contributed by atoms with Crippen molar-refractivity contribution in [1.82, 2.24) is 14.5 Å². The fourth-order valence-electron chi connectivity index (χ4n) is 3.87. The fourth-order valence-corrected chi connectivity index (χ4v) is 4.68. The number of nitrogens with one attached hydrogen (secondary N) is 2. The molecule has 0 aliphatic rings. The number of fused-ring (bicyclic) bond motifs is 3. The monoisotopic (exact) mass is 486 g/mol. The number of hydrogen-bond acceptors (Lipinski definition) is 6. The fraction of sp³-hybridized carbons (Fsp3) is 0.115. The van der Waals surface area contributed by atoms with Gasteiger partial charge in [0.1, 0.15) is 22.5 Å². The van der Waals surface area contributed by atoms with E-state index in [4.69, 9.17) is 14.5 Å². The van der Waals surface area contributed by atoms with E-state index in [1.807, 2.05) is 54.6 Å². The minimum Gasteiger partial charge on any atom is -0.497 e. The Morgan fingerprint density at radius 3 is 2.57 bits per heavy atom. The van der Waals surface area contributed by atoms with Gasteiger partial charge in [-0.05, 0) is 30.3 Å². The largest absolute Gasteiger partial charge is 0.497 e. The van der Waals surface area contributed by atoms with Gasteiger partial charge in [-0.15, -0.1) is 0 Å². The molecule has 5 rings (SSSR count). The smallest absolute Gasteiger partial charge is 0.283 e. The molecule has 0 aliphatic carbocycles. The molecule has 1 amide bonds. The summed E-state index contributed by atoms with van der Waals surface area (Å²) >= 11 is 1.19. The van der Waals surface area contributed by atoms with Crippen LogP contribution in [-0.4, -0.2) is 40.4 Å². The van der Waals surface area contributed by atoms with Crippen LogP contribution >= 0.6 is 11.8 Å². The lowest BCUT2D eigenvalue weighted by atomic mass is 10.2. The Morgan fingerprint density at radius 2 is 1.80 bits per heavy atom. The Morgan fingerprint density at radius 1 is 1.03 bits per heavy atom. The first-order valence-electron chi connectivity index (χ1n) is 10.8. The van der Waals surface area contributed by atoms with Crippen LogP contribution in [0, 0.1) is 0 Å². The van der Waals surface area contributed by atoms with Gasteiger partial charge in [0.05, 0.1) is 31.3 Å². The van der Waals surface area contributed by atoms with Crippen LogP contribution < -0.4 is 20.3 Å². The summed E-state index contributed by atoms with van der Waals surface area (Å²) in [4.78, 5) is 34.4. The molecule has 5 aromatic rings. The summed E-state index contributed by atoms with van der Waals surface area (Å²) < 4.78 is 12.1. The van der Waals surface area contributed by atoms with Crippen molar-refractivity contribution in [3.8, 4) is 17.2 Å². The lowest BCUT2D eigenvalue weighted by Gasteiger charge is -2.13. The Labute approximate surface area is 204 Å². The highest BCUT2D eigenvalue weighted by molar-refractivity contribution is 7.99. The maximum absolute atomic E-state index is 13.6. The predicted octanol–water partition coefficient (Wildman–Crippen LogP) is 4.62. The van der Waals surface area contributed by atoms with Crippen molar-refractivity contribution in [1.29, 1.82) is 0 Å². The van der Waals surface area contributed by atoms with E-state index in [1.165, 1.54) is 23.4 Å². The third-order valence-electron chi connectivity index (χ3n) is 5.52. The first-order chi connectivity index (χ1) is 17.1. The molecule has 0 spiro atoms. The number of thioether (sulfide) groups is 1. The Balaban J connectivity index is 1.51. The second kappa shape index (κ2) is 9.55. The Bertz CT molecular complexity index is 1590. The van der Waals surface area contributed by atoms with Gasteiger partial charge in [-0.1, -0.05) is 48.2 Å². The molecule has 0 bridgehead atoms. The molecule has 2 heterocycles. The van der Waals surface area contributed by atoms with Gasteiger partial charge in [0.15, 0.2) is 5.16 Å². The van der Waals surface area contributed by atoms with Crippen LogP contribution in [0.2, 0.25) is 0 Å². The molecule has 0 fully saturated rings. The third kappa shape index (κ3) is 4.33. The highest BCUT2D eigenvalue weighted by Crippen LogP contribution is 2.30. The van der Waals surface area contributed by atoms with Crippen molar-refractivity contribution in [2.45, 2.75) is 5.16 Å². The highest BCUT2D eigenvalue weighted by atomic mass is 32.2. The zero-order valence-electron chi connectivity index (χ0n) is 19.1. The van der Waals surface area contributed by atoms with E-state index in [-0.39, 0.29) is 17.2 Å². The maximum atomic E-state index is 13.6. The number of para-hydroxylation sites is 2. The van der Waals surface area contributed by atoms with Crippen LogP contribution in [0.1, 0.15) is 0 Å². The minimum absolute atomic E-state index is 0.0352. The number of methoxy groups -OCH3 is 2. The second-order valence-electron chi connectivity index (χ2n) is 7.67. The van der Waals surface area contributed by atoms with E-state index in [1.54, 1.807) is 25.3 Å². The number of ether oxygens (including phenoxy) is 2. The first kappa shape index (κ1) is 22.5. The number of carbonyl (C=O) groups is 1. The number of aromatic nitrogens is 3. The SMILES string of the molecule is COc1ccc(OC)c(NC(=O)CSc2nc3c([nH]c4ccccc43)c(=O)n2-c2ccccc2)c1. The van der Waals surface area contributed by atoms with Crippen LogP contribution in [0.5, 0.6) is 11.5 Å². The van der Waals surface area contributed by atoms with Crippen LogP contribution in [0.25, 0.3) is 27.6 Å². The number of amides is 1. The standard InChI is InChI=1S/C26H22N4O4S/c1-33-17-12-13-21(34-2)20(14-17)27-22(31)15-35-26-29-23-18-10-6-7-11-19(18)28-24(23)25(32)30(26)16-8-4-3-5-9-16/h3-14,28H,15H2,1-2H3,(H,27,31). The summed E-state index contributed by atoms with van der Waals surface area (Å²) in [5.41, 5.74) is 2.77. The zero-order chi connectivity index (χ0) is 24.4. The summed E-state index contributed by atoms with van der Waals surface area (Å²) in [6, 6.07) is 22.1. The van der Waals surface area contributed by atoms with Crippen LogP contribution in [-0.2, 0) is 4.79 Å². The molecule has 0 radical (unpaired) electrons. The van der Waals surface area contributed by atoms with E-state index in [9.17, 15) is 9.59 Å². The third-order valence-corrected chi connectivity index (χ3v) is 6.46. The van der Waals surface area contributed by atoms with Gasteiger partial charge in [-0.2, -0.15) is 0 Å². The molecule has 9 heteroatoms. The predicted molar refractivity (Wildman–Crippen MR) is 138 cm³/mol. The van der Waals surface area contributed by atoms with Crippen molar-refractivity contribution < 1.29 is 14.3 Å². The summed E-state index contributed by atoms with van der Waals surface area (Å²) in [6.45, 7) is 0. The number of hydrogen-bond donors (Lipinski definition) is 2. The summed E-state index contributed by atoms with van der Waals surface area (Å²) in [5, 5.41) is 4.13. The number of carbonyl (C=O) groups excluding carboxylic acids is 1. The highest BCUT2D eigenvalue weighted by Gasteiger charge is 2.18.